The van der Waals surface area contributed by atoms with Crippen molar-refractivity contribution < 1.29 is 32.7 Å². The number of nitrogens with one attached hydrogen (secondary N) is 2. The van der Waals surface area contributed by atoms with E-state index < -0.39 is 29.5 Å². The van der Waals surface area contributed by atoms with E-state index in [-0.39, 0.29) is 23.6 Å². The molecule has 1 saturated heterocycles. The fourth-order valence-electron chi connectivity index (χ4n) is 3.83. The number of nitrogens with zero attached hydrogens (tertiary/aromatic N) is 1. The van der Waals surface area contributed by atoms with Crippen molar-refractivity contribution in [3.63, 3.8) is 0 Å². The van der Waals surface area contributed by atoms with E-state index in [1.165, 1.54) is 6.07 Å². The van der Waals surface area contributed by atoms with Gasteiger partial charge in [-0.15, -0.1) is 0 Å². The van der Waals surface area contributed by atoms with E-state index >= 15 is 0 Å². The molecule has 0 aromatic heterocycles. The highest BCUT2D eigenvalue weighted by atomic mass is 19.4. The van der Waals surface area contributed by atoms with E-state index in [0.29, 0.717) is 13.1 Å². The summed E-state index contributed by atoms with van der Waals surface area (Å²) in [7, 11) is 0. The highest BCUT2D eigenvalue weighted by molar-refractivity contribution is 5.96. The van der Waals surface area contributed by atoms with E-state index in [1.807, 2.05) is 6.07 Å². The van der Waals surface area contributed by atoms with Gasteiger partial charge in [0.05, 0.1) is 17.7 Å². The molecule has 0 bridgehead atoms. The predicted octanol–water partition coefficient (Wildman–Crippen LogP) is 3.16. The smallest absolute Gasteiger partial charge is 0.416 e. The molecule has 0 spiro atoms. The lowest BCUT2D eigenvalue weighted by Crippen LogP contribution is -2.41. The molecule has 7 nitrogen and oxygen atoms in total. The molecule has 2 amide bonds. The lowest BCUT2D eigenvalue weighted by atomic mass is 9.96. The van der Waals surface area contributed by atoms with Crippen LogP contribution in [0.3, 0.4) is 0 Å². The van der Waals surface area contributed by atoms with Gasteiger partial charge in [-0.2, -0.15) is 13.2 Å². The number of hydrogen-bond donors (Lipinski definition) is 3. The van der Waals surface area contributed by atoms with Crippen LogP contribution in [0, 0.1) is 5.92 Å². The summed E-state index contributed by atoms with van der Waals surface area (Å²) in [5.41, 5.74) is 0.104. The molecule has 1 aliphatic rings. The molecule has 1 aliphatic heterocycles. The van der Waals surface area contributed by atoms with Crippen LogP contribution in [-0.2, 0) is 17.5 Å². The number of piperidine rings is 1. The van der Waals surface area contributed by atoms with Crippen LogP contribution in [0.15, 0.2) is 48.5 Å². The van der Waals surface area contributed by atoms with Crippen LogP contribution >= 0.6 is 0 Å². The predicted molar refractivity (Wildman–Crippen MR) is 118 cm³/mol. The first-order valence-electron chi connectivity index (χ1n) is 10.9. The van der Waals surface area contributed by atoms with Crippen LogP contribution < -0.4 is 10.6 Å². The lowest BCUT2D eigenvalue weighted by Gasteiger charge is -2.32. The molecule has 0 saturated carbocycles. The van der Waals surface area contributed by atoms with Crippen molar-refractivity contribution >= 4 is 17.8 Å². The van der Waals surface area contributed by atoms with E-state index in [0.717, 1.165) is 49.7 Å². The minimum absolute atomic E-state index is 0.163. The molecule has 2 aromatic carbocycles. The maximum atomic E-state index is 12.8. The number of likely N-dealkylation sites (tertiary alicyclic amines) is 1. The molecule has 0 unspecified atom stereocenters. The second-order valence-electron chi connectivity index (χ2n) is 8.29. The Labute approximate surface area is 194 Å². The Kier molecular flexibility index (Phi) is 8.27. The van der Waals surface area contributed by atoms with Gasteiger partial charge < -0.3 is 15.7 Å². The first-order valence-corrected chi connectivity index (χ1v) is 10.9. The zero-order valence-electron chi connectivity index (χ0n) is 18.4. The fourth-order valence-corrected chi connectivity index (χ4v) is 3.83. The number of hydrogen-bond acceptors (Lipinski definition) is 4. The van der Waals surface area contributed by atoms with Crippen LogP contribution in [-0.4, -0.2) is 54.0 Å². The third-order valence-corrected chi connectivity index (χ3v) is 5.74. The summed E-state index contributed by atoms with van der Waals surface area (Å²) in [6.07, 6.45) is -2.84. The summed E-state index contributed by atoms with van der Waals surface area (Å²) in [6, 6.07) is 10.9. The van der Waals surface area contributed by atoms with Gasteiger partial charge in [0, 0.05) is 18.7 Å². The van der Waals surface area contributed by atoms with Gasteiger partial charge >= 0.3 is 12.1 Å². The van der Waals surface area contributed by atoms with Crippen LogP contribution in [0.2, 0.25) is 0 Å². The maximum Gasteiger partial charge on any atom is 0.416 e. The Morgan fingerprint density at radius 1 is 0.971 bits per heavy atom. The molecular weight excluding hydrogens is 451 g/mol. The number of rotatable bonds is 8. The molecule has 3 N–H and O–H groups in total. The molecule has 2 aromatic rings. The van der Waals surface area contributed by atoms with Crippen molar-refractivity contribution in [1.82, 2.24) is 15.5 Å². The number of amides is 2. The average Bonchev–Trinajstić information content (AvgIpc) is 2.81. The number of alkyl halides is 3. The largest absolute Gasteiger partial charge is 0.478 e. The SMILES string of the molecule is O=C(CNC(=O)c1cccc(C(F)(F)F)c1)NCC1CCN(Cc2cccc(C(=O)O)c2)CC1. The lowest BCUT2D eigenvalue weighted by molar-refractivity contribution is -0.137. The number of carboxylic acids is 1. The topological polar surface area (TPSA) is 98.7 Å². The van der Waals surface area contributed by atoms with Crippen LogP contribution in [0.25, 0.3) is 0 Å². The second kappa shape index (κ2) is 11.1. The van der Waals surface area contributed by atoms with Gasteiger partial charge in [-0.1, -0.05) is 18.2 Å². The minimum Gasteiger partial charge on any atom is -0.478 e. The summed E-state index contributed by atoms with van der Waals surface area (Å²) < 4.78 is 38.3. The molecule has 0 radical (unpaired) electrons. The summed E-state index contributed by atoms with van der Waals surface area (Å²) in [5.74, 6) is -1.85. The van der Waals surface area contributed by atoms with Crippen molar-refractivity contribution in [3.8, 4) is 0 Å². The van der Waals surface area contributed by atoms with E-state index in [4.69, 9.17) is 5.11 Å². The molecule has 34 heavy (non-hydrogen) atoms. The van der Waals surface area contributed by atoms with Gasteiger partial charge in [-0.3, -0.25) is 14.5 Å². The van der Waals surface area contributed by atoms with E-state index in [9.17, 15) is 27.6 Å². The van der Waals surface area contributed by atoms with Gasteiger partial charge in [0.15, 0.2) is 0 Å². The van der Waals surface area contributed by atoms with Crippen molar-refractivity contribution in [1.29, 1.82) is 0 Å². The highest BCUT2D eigenvalue weighted by Gasteiger charge is 2.31. The van der Waals surface area contributed by atoms with Crippen molar-refractivity contribution in [2.24, 2.45) is 5.92 Å². The van der Waals surface area contributed by atoms with Gasteiger partial charge in [0.1, 0.15) is 0 Å². The number of carbonyl (C=O) groups excluding carboxylic acids is 2. The first kappa shape index (κ1) is 25.2. The average molecular weight is 477 g/mol. The Balaban J connectivity index is 1.37. The van der Waals surface area contributed by atoms with E-state index in [1.54, 1.807) is 18.2 Å². The number of halogens is 3. The molecule has 1 heterocycles. The summed E-state index contributed by atoms with van der Waals surface area (Å²) >= 11 is 0. The monoisotopic (exact) mass is 477 g/mol. The van der Waals surface area contributed by atoms with Crippen LogP contribution in [0.4, 0.5) is 13.2 Å². The fraction of sp³-hybridized carbons (Fsp3) is 0.375. The Bertz CT molecular complexity index is 1030. The number of carbonyl (C=O) groups is 3. The molecule has 10 heteroatoms. The summed E-state index contributed by atoms with van der Waals surface area (Å²) in [6.45, 7) is 2.39. The minimum atomic E-state index is -4.55. The van der Waals surface area contributed by atoms with Crippen LogP contribution in [0.5, 0.6) is 0 Å². The standard InChI is InChI=1S/C24H26F3N3O4/c25-24(26,27)20-6-2-4-18(12-20)22(32)29-14-21(31)28-13-16-7-9-30(10-8-16)15-17-3-1-5-19(11-17)23(33)34/h1-6,11-12,16H,7-10,13-15H2,(H,28,31)(H,29,32)(H,33,34). The van der Waals surface area contributed by atoms with Crippen molar-refractivity contribution in [2.45, 2.75) is 25.6 Å². The molecule has 3 rings (SSSR count). The zero-order chi connectivity index (χ0) is 24.7. The number of aromatic carboxylic acids is 1. The molecule has 182 valence electrons. The normalized spacial score (nSPS) is 15.0. The maximum absolute atomic E-state index is 12.8. The Morgan fingerprint density at radius 2 is 1.65 bits per heavy atom. The molecular formula is C24H26F3N3O4. The summed E-state index contributed by atoms with van der Waals surface area (Å²) in [5, 5.41) is 14.2. The van der Waals surface area contributed by atoms with E-state index in [2.05, 4.69) is 15.5 Å². The Hall–Kier alpha value is -3.40. The van der Waals surface area contributed by atoms with Gasteiger partial charge in [-0.25, -0.2) is 4.79 Å². The molecule has 0 atom stereocenters. The third-order valence-electron chi connectivity index (χ3n) is 5.74. The quantitative estimate of drug-likeness (QED) is 0.543. The highest BCUT2D eigenvalue weighted by Crippen LogP contribution is 2.29. The van der Waals surface area contributed by atoms with Gasteiger partial charge in [-0.05, 0) is 67.7 Å². The third kappa shape index (κ3) is 7.31. The first-order chi connectivity index (χ1) is 16.1. The zero-order valence-corrected chi connectivity index (χ0v) is 18.4. The van der Waals surface area contributed by atoms with Gasteiger partial charge in [0.25, 0.3) is 5.91 Å². The van der Waals surface area contributed by atoms with Gasteiger partial charge in [0.2, 0.25) is 5.91 Å². The number of benzene rings is 2. The molecule has 1 fully saturated rings. The van der Waals surface area contributed by atoms with Crippen LogP contribution in [0.1, 0.15) is 44.7 Å². The van der Waals surface area contributed by atoms with Crippen molar-refractivity contribution in [2.75, 3.05) is 26.2 Å². The number of carboxylic acid groups (broad SMARTS) is 1. The molecule has 0 aliphatic carbocycles. The van der Waals surface area contributed by atoms with Crippen molar-refractivity contribution in [3.05, 3.63) is 70.8 Å². The second-order valence-corrected chi connectivity index (χ2v) is 8.29. The summed E-state index contributed by atoms with van der Waals surface area (Å²) in [4.78, 5) is 37.5. The Morgan fingerprint density at radius 3 is 2.32 bits per heavy atom.